The molecule has 2 N–H and O–H groups in total. The van der Waals surface area contributed by atoms with Crippen LogP contribution in [0.25, 0.3) is 0 Å². The summed E-state index contributed by atoms with van der Waals surface area (Å²) in [6.45, 7) is -0.195. The average Bonchev–Trinajstić information content (AvgIpc) is 3.12. The molecule has 0 saturated carbocycles. The second-order valence-electron chi connectivity index (χ2n) is 5.04. The van der Waals surface area contributed by atoms with E-state index in [1.54, 1.807) is 36.4 Å². The minimum absolute atomic E-state index is 0.0360. The Morgan fingerprint density at radius 3 is 2.56 bits per heavy atom. The first-order valence-electron chi connectivity index (χ1n) is 7.53. The summed E-state index contributed by atoms with van der Waals surface area (Å²) in [4.78, 5) is 34.9. The first-order chi connectivity index (χ1) is 12.0. The van der Waals surface area contributed by atoms with Crippen LogP contribution in [0.4, 0.5) is 5.69 Å². The summed E-state index contributed by atoms with van der Waals surface area (Å²) in [5, 5.41) is 5.52. The van der Waals surface area contributed by atoms with Gasteiger partial charge in [0.05, 0.1) is 29.9 Å². The van der Waals surface area contributed by atoms with Crippen molar-refractivity contribution in [3.05, 3.63) is 53.4 Å². The molecule has 2 amide bonds. The van der Waals surface area contributed by atoms with Crippen LogP contribution in [0, 0.1) is 0 Å². The number of para-hydroxylation sites is 1. The van der Waals surface area contributed by atoms with Crippen molar-refractivity contribution in [2.75, 3.05) is 11.9 Å². The summed E-state index contributed by atoms with van der Waals surface area (Å²) < 4.78 is 9.90. The number of carbonyl (C=O) groups excluding carboxylic acids is 3. The maximum absolute atomic E-state index is 11.7. The average molecular weight is 365 g/mol. The Morgan fingerprint density at radius 1 is 1.04 bits per heavy atom. The molecule has 1 aromatic heterocycles. The number of amides is 2. The first-order valence-corrected chi connectivity index (χ1v) is 7.91. The third-order valence-electron chi connectivity index (χ3n) is 3.11. The van der Waals surface area contributed by atoms with E-state index in [0.29, 0.717) is 16.5 Å². The van der Waals surface area contributed by atoms with Gasteiger partial charge in [0.15, 0.2) is 6.61 Å². The highest BCUT2D eigenvalue weighted by Gasteiger charge is 2.11. The van der Waals surface area contributed by atoms with E-state index in [1.165, 1.54) is 6.26 Å². The zero-order chi connectivity index (χ0) is 18.1. The van der Waals surface area contributed by atoms with Gasteiger partial charge in [0.2, 0.25) is 5.91 Å². The summed E-state index contributed by atoms with van der Waals surface area (Å²) in [6, 6.07) is 10.2. The standard InChI is InChI=1S/C17H17ClN2O5/c18-13-5-1-2-6-14(13)20-16(22)11-25-17(23)8-7-15(21)19-10-12-4-3-9-24-12/h1-6,9H,7-8,10-11H2,(H,19,21)(H,20,22). The number of carbonyl (C=O) groups is 3. The molecule has 2 rings (SSSR count). The lowest BCUT2D eigenvalue weighted by Crippen LogP contribution is -2.24. The number of nitrogens with one attached hydrogen (secondary N) is 2. The Morgan fingerprint density at radius 2 is 1.84 bits per heavy atom. The summed E-state index contributed by atoms with van der Waals surface area (Å²) in [6.07, 6.45) is 1.35. The molecule has 25 heavy (non-hydrogen) atoms. The van der Waals surface area contributed by atoms with E-state index in [9.17, 15) is 14.4 Å². The largest absolute Gasteiger partial charge is 0.467 e. The molecule has 8 heteroatoms. The van der Waals surface area contributed by atoms with Crippen molar-refractivity contribution in [1.29, 1.82) is 0 Å². The highest BCUT2D eigenvalue weighted by molar-refractivity contribution is 6.33. The lowest BCUT2D eigenvalue weighted by Gasteiger charge is -2.08. The Bertz CT molecular complexity index is 730. The van der Waals surface area contributed by atoms with Crippen LogP contribution in [-0.4, -0.2) is 24.4 Å². The molecule has 0 aliphatic carbocycles. The molecule has 1 aromatic carbocycles. The zero-order valence-electron chi connectivity index (χ0n) is 13.3. The first kappa shape index (κ1) is 18.5. The van der Waals surface area contributed by atoms with Crippen molar-refractivity contribution in [3.63, 3.8) is 0 Å². The van der Waals surface area contributed by atoms with Gasteiger partial charge in [0.1, 0.15) is 5.76 Å². The quantitative estimate of drug-likeness (QED) is 0.701. The monoisotopic (exact) mass is 364 g/mol. The SMILES string of the molecule is O=C(CCC(=O)OCC(=O)Nc1ccccc1Cl)NCc1ccco1. The van der Waals surface area contributed by atoms with Crippen molar-refractivity contribution in [3.8, 4) is 0 Å². The van der Waals surface area contributed by atoms with Crippen LogP contribution in [-0.2, 0) is 25.7 Å². The van der Waals surface area contributed by atoms with Gasteiger partial charge in [-0.25, -0.2) is 0 Å². The molecule has 2 aromatic rings. The lowest BCUT2D eigenvalue weighted by atomic mass is 10.3. The van der Waals surface area contributed by atoms with Crippen LogP contribution >= 0.6 is 11.6 Å². The molecule has 0 spiro atoms. The van der Waals surface area contributed by atoms with Crippen molar-refractivity contribution >= 4 is 35.1 Å². The Hall–Kier alpha value is -2.80. The van der Waals surface area contributed by atoms with Gasteiger partial charge in [-0.15, -0.1) is 0 Å². The van der Waals surface area contributed by atoms with Crippen molar-refractivity contribution in [2.24, 2.45) is 0 Å². The highest BCUT2D eigenvalue weighted by Crippen LogP contribution is 2.20. The molecule has 132 valence electrons. The van der Waals surface area contributed by atoms with Crippen molar-refractivity contribution in [2.45, 2.75) is 19.4 Å². The number of benzene rings is 1. The van der Waals surface area contributed by atoms with Gasteiger partial charge in [-0.3, -0.25) is 14.4 Å². The second-order valence-corrected chi connectivity index (χ2v) is 5.45. The summed E-state index contributed by atoms with van der Waals surface area (Å²) in [5.41, 5.74) is 0.433. The second kappa shape index (κ2) is 9.48. The van der Waals surface area contributed by atoms with Gasteiger partial charge in [0, 0.05) is 6.42 Å². The maximum atomic E-state index is 11.7. The van der Waals surface area contributed by atoms with E-state index in [2.05, 4.69) is 10.6 Å². The van der Waals surface area contributed by atoms with Crippen molar-refractivity contribution in [1.82, 2.24) is 5.32 Å². The van der Waals surface area contributed by atoms with Crippen LogP contribution in [0.1, 0.15) is 18.6 Å². The lowest BCUT2D eigenvalue weighted by molar-refractivity contribution is -0.148. The molecule has 0 fully saturated rings. The predicted molar refractivity (Wildman–Crippen MR) is 90.8 cm³/mol. The number of hydrogen-bond donors (Lipinski definition) is 2. The molecule has 0 radical (unpaired) electrons. The molecule has 0 saturated heterocycles. The smallest absolute Gasteiger partial charge is 0.306 e. The highest BCUT2D eigenvalue weighted by atomic mass is 35.5. The molecule has 0 atom stereocenters. The predicted octanol–water partition coefficient (Wildman–Crippen LogP) is 2.51. The van der Waals surface area contributed by atoms with E-state index < -0.39 is 18.5 Å². The number of halogens is 1. The molecule has 7 nitrogen and oxygen atoms in total. The Balaban J connectivity index is 1.62. The molecule has 0 unspecified atom stereocenters. The number of rotatable bonds is 8. The van der Waals surface area contributed by atoms with Crippen molar-refractivity contribution < 1.29 is 23.5 Å². The minimum atomic E-state index is -0.637. The van der Waals surface area contributed by atoms with Gasteiger partial charge in [-0.1, -0.05) is 23.7 Å². The number of anilines is 1. The van der Waals surface area contributed by atoms with Gasteiger partial charge in [-0.2, -0.15) is 0 Å². The number of esters is 1. The fourth-order valence-electron chi connectivity index (χ4n) is 1.87. The topological polar surface area (TPSA) is 97.6 Å². The fourth-order valence-corrected chi connectivity index (χ4v) is 2.05. The van der Waals surface area contributed by atoms with E-state index in [1.807, 2.05) is 0 Å². The third kappa shape index (κ3) is 6.68. The fraction of sp³-hybridized carbons (Fsp3) is 0.235. The summed E-state index contributed by atoms with van der Waals surface area (Å²) >= 11 is 5.91. The maximum Gasteiger partial charge on any atom is 0.306 e. The molecule has 1 heterocycles. The zero-order valence-corrected chi connectivity index (χ0v) is 14.0. The minimum Gasteiger partial charge on any atom is -0.467 e. The molecule has 0 aliphatic rings. The Kier molecular flexibility index (Phi) is 7.03. The number of ether oxygens (including phenoxy) is 1. The Labute approximate surface area is 149 Å². The molecule has 0 bridgehead atoms. The van der Waals surface area contributed by atoms with Gasteiger partial charge in [0.25, 0.3) is 5.91 Å². The number of furan rings is 1. The normalized spacial score (nSPS) is 10.1. The molecular formula is C17H17ClN2O5. The van der Waals surface area contributed by atoms with E-state index in [0.717, 1.165) is 0 Å². The van der Waals surface area contributed by atoms with Crippen LogP contribution in [0.3, 0.4) is 0 Å². The third-order valence-corrected chi connectivity index (χ3v) is 3.44. The van der Waals surface area contributed by atoms with Crippen LogP contribution in [0.5, 0.6) is 0 Å². The van der Waals surface area contributed by atoms with E-state index in [-0.39, 0.29) is 25.3 Å². The van der Waals surface area contributed by atoms with Crippen LogP contribution in [0.2, 0.25) is 5.02 Å². The van der Waals surface area contributed by atoms with Gasteiger partial charge < -0.3 is 19.8 Å². The van der Waals surface area contributed by atoms with E-state index in [4.69, 9.17) is 20.8 Å². The molecule has 0 aliphatic heterocycles. The van der Waals surface area contributed by atoms with E-state index >= 15 is 0 Å². The van der Waals surface area contributed by atoms with Crippen LogP contribution in [0.15, 0.2) is 47.1 Å². The van der Waals surface area contributed by atoms with Gasteiger partial charge >= 0.3 is 5.97 Å². The summed E-state index contributed by atoms with van der Waals surface area (Å²) in [7, 11) is 0. The summed E-state index contributed by atoms with van der Waals surface area (Å²) in [5.74, 6) is -0.841. The number of hydrogen-bond acceptors (Lipinski definition) is 5. The van der Waals surface area contributed by atoms with Crippen LogP contribution < -0.4 is 10.6 Å². The van der Waals surface area contributed by atoms with Gasteiger partial charge in [-0.05, 0) is 24.3 Å². The molecular weight excluding hydrogens is 348 g/mol.